The molecule has 2 aromatic heterocycles. The highest BCUT2D eigenvalue weighted by Gasteiger charge is 2.36. The molecule has 1 aliphatic rings. The van der Waals surface area contributed by atoms with Crippen molar-refractivity contribution in [1.82, 2.24) is 30.1 Å². The molecule has 0 saturated carbocycles. The van der Waals surface area contributed by atoms with Crippen LogP contribution in [0.2, 0.25) is 0 Å². The average molecular weight is 376 g/mol. The van der Waals surface area contributed by atoms with E-state index in [1.54, 1.807) is 44.9 Å². The Bertz CT molecular complexity index is 822. The van der Waals surface area contributed by atoms with Gasteiger partial charge >= 0.3 is 6.09 Å². The molecule has 2 amide bonds. The molecule has 10 heteroatoms. The number of likely N-dealkylation sites (tertiary alicyclic amines) is 1. The number of hydrogen-bond acceptors (Lipinski definition) is 7. The van der Waals surface area contributed by atoms with Crippen molar-refractivity contribution in [2.24, 2.45) is 7.05 Å². The molecule has 0 radical (unpaired) electrons. The van der Waals surface area contributed by atoms with E-state index in [0.717, 1.165) is 12.0 Å². The Hall–Kier alpha value is -2.91. The molecule has 1 fully saturated rings. The number of ether oxygens (including phenoxy) is 1. The molecule has 3 rings (SSSR count). The van der Waals surface area contributed by atoms with Gasteiger partial charge in [0.2, 0.25) is 17.6 Å². The first-order chi connectivity index (χ1) is 12.7. The summed E-state index contributed by atoms with van der Waals surface area (Å²) in [7, 11) is 1.79. The third kappa shape index (κ3) is 4.63. The van der Waals surface area contributed by atoms with Crippen LogP contribution in [0, 0.1) is 0 Å². The van der Waals surface area contributed by atoms with Crippen molar-refractivity contribution in [3.63, 3.8) is 0 Å². The van der Waals surface area contributed by atoms with Crippen molar-refractivity contribution in [3.05, 3.63) is 18.3 Å². The van der Waals surface area contributed by atoms with Crippen LogP contribution in [0.25, 0.3) is 11.4 Å². The van der Waals surface area contributed by atoms with Gasteiger partial charge in [0.15, 0.2) is 0 Å². The zero-order valence-electron chi connectivity index (χ0n) is 15.9. The lowest BCUT2D eigenvalue weighted by atomic mass is 10.2. The van der Waals surface area contributed by atoms with Crippen molar-refractivity contribution in [3.8, 4) is 11.4 Å². The lowest BCUT2D eigenvalue weighted by Crippen LogP contribution is -2.47. The maximum Gasteiger partial charge on any atom is 0.410 e. The molecule has 2 aromatic rings. The van der Waals surface area contributed by atoms with Gasteiger partial charge in [-0.3, -0.25) is 14.4 Å². The second-order valence-electron chi connectivity index (χ2n) is 7.46. The first-order valence-electron chi connectivity index (χ1n) is 8.82. The second kappa shape index (κ2) is 7.37. The monoisotopic (exact) mass is 376 g/mol. The summed E-state index contributed by atoms with van der Waals surface area (Å²) in [6, 6.07) is -0.555. The van der Waals surface area contributed by atoms with Gasteiger partial charge in [0, 0.05) is 19.8 Å². The fourth-order valence-electron chi connectivity index (χ4n) is 2.84. The number of hydrogen-bond donors (Lipinski definition) is 1. The molecular weight excluding hydrogens is 352 g/mol. The molecule has 1 atom stereocenters. The zero-order valence-corrected chi connectivity index (χ0v) is 15.9. The minimum absolute atomic E-state index is 0.0880. The number of carbonyl (C=O) groups is 2. The quantitative estimate of drug-likeness (QED) is 0.859. The standard InChI is InChI=1S/C17H24N6O4/c1-17(2,3)26-16(25)23-7-5-6-12(23)15(24)18-9-13-20-14(21-27-13)11-8-19-22(4)10-11/h8,10,12H,5-7,9H2,1-4H3,(H,18,24). The molecule has 1 unspecified atom stereocenters. The molecule has 0 aliphatic carbocycles. The summed E-state index contributed by atoms with van der Waals surface area (Å²) in [5.74, 6) is 0.423. The summed E-state index contributed by atoms with van der Waals surface area (Å²) in [6.07, 6.45) is 4.27. The molecule has 1 saturated heterocycles. The van der Waals surface area contributed by atoms with E-state index < -0.39 is 17.7 Å². The average Bonchev–Trinajstić information content (AvgIpc) is 3.30. The Labute approximate surface area is 156 Å². The van der Waals surface area contributed by atoms with Crippen molar-refractivity contribution in [1.29, 1.82) is 0 Å². The first kappa shape index (κ1) is 18.9. The number of nitrogens with one attached hydrogen (secondary N) is 1. The van der Waals surface area contributed by atoms with Crippen LogP contribution in [-0.4, -0.2) is 55.0 Å². The van der Waals surface area contributed by atoms with Gasteiger partial charge in [-0.1, -0.05) is 5.16 Å². The van der Waals surface area contributed by atoms with E-state index in [2.05, 4.69) is 20.6 Å². The third-order valence-electron chi connectivity index (χ3n) is 4.03. The number of nitrogens with zero attached hydrogens (tertiary/aromatic N) is 5. The Balaban J connectivity index is 1.57. The van der Waals surface area contributed by atoms with Crippen LogP contribution in [0.4, 0.5) is 4.79 Å². The van der Waals surface area contributed by atoms with Crippen LogP contribution in [-0.2, 0) is 23.1 Å². The minimum Gasteiger partial charge on any atom is -0.444 e. The summed E-state index contributed by atoms with van der Waals surface area (Å²) in [6.45, 7) is 5.98. The normalized spacial score (nSPS) is 17.2. The van der Waals surface area contributed by atoms with Gasteiger partial charge in [0.1, 0.15) is 11.6 Å². The van der Waals surface area contributed by atoms with E-state index in [9.17, 15) is 9.59 Å². The topological polar surface area (TPSA) is 115 Å². The molecule has 0 bridgehead atoms. The van der Waals surface area contributed by atoms with Crippen LogP contribution in [0.1, 0.15) is 39.5 Å². The van der Waals surface area contributed by atoms with E-state index in [1.807, 2.05) is 0 Å². The molecule has 27 heavy (non-hydrogen) atoms. The van der Waals surface area contributed by atoms with Gasteiger partial charge in [0.25, 0.3) is 0 Å². The zero-order chi connectivity index (χ0) is 19.6. The lowest BCUT2D eigenvalue weighted by molar-refractivity contribution is -0.125. The molecule has 3 heterocycles. The van der Waals surface area contributed by atoms with E-state index in [-0.39, 0.29) is 18.3 Å². The van der Waals surface area contributed by atoms with Crippen LogP contribution in [0.15, 0.2) is 16.9 Å². The van der Waals surface area contributed by atoms with E-state index in [4.69, 9.17) is 9.26 Å². The molecule has 0 aromatic carbocycles. The van der Waals surface area contributed by atoms with Gasteiger partial charge in [-0.05, 0) is 33.6 Å². The molecule has 1 N–H and O–H groups in total. The van der Waals surface area contributed by atoms with Gasteiger partial charge in [-0.2, -0.15) is 10.1 Å². The predicted octanol–water partition coefficient (Wildman–Crippen LogP) is 1.49. The SMILES string of the molecule is Cn1cc(-c2noc(CNC(=O)C3CCCN3C(=O)OC(C)(C)C)n2)cn1. The Morgan fingerprint density at radius 2 is 2.19 bits per heavy atom. The fraction of sp³-hybridized carbons (Fsp3) is 0.588. The summed E-state index contributed by atoms with van der Waals surface area (Å²) in [5, 5.41) is 10.7. The summed E-state index contributed by atoms with van der Waals surface area (Å²) in [5.41, 5.74) is 0.124. The maximum atomic E-state index is 12.5. The Morgan fingerprint density at radius 3 is 2.85 bits per heavy atom. The molecular formula is C17H24N6O4. The number of amides is 2. The first-order valence-corrected chi connectivity index (χ1v) is 8.82. The van der Waals surface area contributed by atoms with Crippen molar-refractivity contribution in [2.45, 2.75) is 51.8 Å². The number of carbonyl (C=O) groups excluding carboxylic acids is 2. The van der Waals surface area contributed by atoms with E-state index >= 15 is 0 Å². The Kier molecular flexibility index (Phi) is 5.15. The minimum atomic E-state index is -0.604. The second-order valence-corrected chi connectivity index (χ2v) is 7.46. The van der Waals surface area contributed by atoms with Crippen LogP contribution >= 0.6 is 0 Å². The molecule has 0 spiro atoms. The van der Waals surface area contributed by atoms with Crippen LogP contribution in [0.5, 0.6) is 0 Å². The number of aryl methyl sites for hydroxylation is 1. The largest absolute Gasteiger partial charge is 0.444 e. The van der Waals surface area contributed by atoms with Crippen molar-refractivity contribution >= 4 is 12.0 Å². The van der Waals surface area contributed by atoms with Crippen molar-refractivity contribution < 1.29 is 18.8 Å². The highest BCUT2D eigenvalue weighted by Crippen LogP contribution is 2.21. The van der Waals surface area contributed by atoms with Crippen LogP contribution in [0.3, 0.4) is 0 Å². The molecule has 146 valence electrons. The number of aromatic nitrogens is 4. The van der Waals surface area contributed by atoms with Crippen molar-refractivity contribution in [2.75, 3.05) is 6.54 Å². The van der Waals surface area contributed by atoms with E-state index in [1.165, 1.54) is 4.90 Å². The third-order valence-corrected chi connectivity index (χ3v) is 4.03. The Morgan fingerprint density at radius 1 is 1.41 bits per heavy atom. The highest BCUT2D eigenvalue weighted by molar-refractivity contribution is 5.86. The summed E-state index contributed by atoms with van der Waals surface area (Å²) >= 11 is 0. The van der Waals surface area contributed by atoms with Gasteiger partial charge in [-0.15, -0.1) is 0 Å². The maximum absolute atomic E-state index is 12.5. The van der Waals surface area contributed by atoms with Gasteiger partial charge in [0.05, 0.1) is 18.3 Å². The van der Waals surface area contributed by atoms with E-state index in [0.29, 0.717) is 18.8 Å². The molecule has 10 nitrogen and oxygen atoms in total. The fourth-order valence-corrected chi connectivity index (χ4v) is 2.84. The predicted molar refractivity (Wildman–Crippen MR) is 94.3 cm³/mol. The number of rotatable bonds is 4. The van der Waals surface area contributed by atoms with Crippen LogP contribution < -0.4 is 5.32 Å². The smallest absolute Gasteiger partial charge is 0.410 e. The lowest BCUT2D eigenvalue weighted by Gasteiger charge is -2.27. The molecule has 1 aliphatic heterocycles. The summed E-state index contributed by atoms with van der Waals surface area (Å²) < 4.78 is 12.2. The van der Waals surface area contributed by atoms with Gasteiger partial charge in [-0.25, -0.2) is 4.79 Å². The summed E-state index contributed by atoms with van der Waals surface area (Å²) in [4.78, 5) is 30.5. The van der Waals surface area contributed by atoms with Gasteiger partial charge < -0.3 is 14.6 Å². The highest BCUT2D eigenvalue weighted by atomic mass is 16.6.